The number of aromatic amines is 1. The number of amides is 1. The van der Waals surface area contributed by atoms with Crippen LogP contribution in [0.2, 0.25) is 0 Å². The van der Waals surface area contributed by atoms with Gasteiger partial charge >= 0.3 is 6.09 Å². The minimum absolute atomic E-state index is 0.387. The van der Waals surface area contributed by atoms with E-state index < -0.39 is 6.09 Å². The standard InChI is InChI=1S/C19H25N5O2/c1-14-3-2-9-24(14)17-8-10-23(13-17)16-6-4-15(5-7-16)22-19(25)26-18-11-20-21-12-18/h4-7,11-12,14,17H,2-3,8-10,13H2,1H3,(H,20,21)(H,22,25). The Morgan fingerprint density at radius 2 is 2.12 bits per heavy atom. The molecule has 7 nitrogen and oxygen atoms in total. The molecule has 0 aliphatic carbocycles. The zero-order valence-corrected chi connectivity index (χ0v) is 15.0. The topological polar surface area (TPSA) is 73.5 Å². The van der Waals surface area contributed by atoms with Crippen LogP contribution in [-0.2, 0) is 0 Å². The molecule has 0 saturated carbocycles. The summed E-state index contributed by atoms with van der Waals surface area (Å²) in [4.78, 5) is 17.0. The van der Waals surface area contributed by atoms with Crippen LogP contribution in [-0.4, -0.2) is 52.9 Å². The van der Waals surface area contributed by atoms with Gasteiger partial charge in [-0.05, 0) is 57.0 Å². The lowest BCUT2D eigenvalue weighted by Gasteiger charge is -2.28. The van der Waals surface area contributed by atoms with Gasteiger partial charge in [-0.25, -0.2) is 4.79 Å². The highest BCUT2D eigenvalue weighted by atomic mass is 16.6. The summed E-state index contributed by atoms with van der Waals surface area (Å²) in [5, 5.41) is 9.07. The SMILES string of the molecule is CC1CCCN1C1CCN(c2ccc(NC(=O)Oc3cn[nH]c3)cc2)C1. The first-order valence-electron chi connectivity index (χ1n) is 9.27. The Labute approximate surface area is 153 Å². The fourth-order valence-electron chi connectivity index (χ4n) is 4.05. The fraction of sp³-hybridized carbons (Fsp3) is 0.474. The number of nitrogens with zero attached hydrogens (tertiary/aromatic N) is 3. The van der Waals surface area contributed by atoms with Crippen molar-refractivity contribution >= 4 is 17.5 Å². The summed E-state index contributed by atoms with van der Waals surface area (Å²) in [7, 11) is 0. The van der Waals surface area contributed by atoms with Crippen LogP contribution in [0, 0.1) is 0 Å². The van der Waals surface area contributed by atoms with Crippen molar-refractivity contribution in [1.82, 2.24) is 15.1 Å². The molecule has 2 atom stereocenters. The summed E-state index contributed by atoms with van der Waals surface area (Å²) >= 11 is 0. The van der Waals surface area contributed by atoms with Crippen LogP contribution in [0.5, 0.6) is 5.75 Å². The fourth-order valence-corrected chi connectivity index (χ4v) is 4.05. The van der Waals surface area contributed by atoms with E-state index in [0.717, 1.165) is 13.1 Å². The monoisotopic (exact) mass is 355 g/mol. The first kappa shape index (κ1) is 16.9. The van der Waals surface area contributed by atoms with Crippen LogP contribution in [0.15, 0.2) is 36.7 Å². The van der Waals surface area contributed by atoms with E-state index in [2.05, 4.69) is 44.4 Å². The summed E-state index contributed by atoms with van der Waals surface area (Å²) in [6, 6.07) is 9.32. The van der Waals surface area contributed by atoms with Crippen molar-refractivity contribution in [2.75, 3.05) is 29.9 Å². The van der Waals surface area contributed by atoms with Gasteiger partial charge in [0.1, 0.15) is 0 Å². The number of rotatable bonds is 4. The van der Waals surface area contributed by atoms with Crippen molar-refractivity contribution in [1.29, 1.82) is 0 Å². The molecule has 0 bridgehead atoms. The predicted octanol–water partition coefficient (Wildman–Crippen LogP) is 3.08. The van der Waals surface area contributed by atoms with Gasteiger partial charge in [0, 0.05) is 36.5 Å². The van der Waals surface area contributed by atoms with Crippen LogP contribution >= 0.6 is 0 Å². The molecule has 2 N–H and O–H groups in total. The largest absolute Gasteiger partial charge is 0.417 e. The third kappa shape index (κ3) is 3.67. The van der Waals surface area contributed by atoms with E-state index in [9.17, 15) is 4.79 Å². The van der Waals surface area contributed by atoms with Gasteiger partial charge in [-0.3, -0.25) is 15.3 Å². The van der Waals surface area contributed by atoms with E-state index in [1.165, 1.54) is 43.9 Å². The summed E-state index contributed by atoms with van der Waals surface area (Å²) in [6.07, 6.45) is 6.32. The van der Waals surface area contributed by atoms with Gasteiger partial charge in [-0.2, -0.15) is 5.10 Å². The van der Waals surface area contributed by atoms with Crippen LogP contribution in [0.25, 0.3) is 0 Å². The van der Waals surface area contributed by atoms with Crippen molar-refractivity contribution in [2.45, 2.75) is 38.3 Å². The molecule has 7 heteroatoms. The number of nitrogens with one attached hydrogen (secondary N) is 2. The van der Waals surface area contributed by atoms with Gasteiger partial charge in [-0.1, -0.05) is 0 Å². The highest BCUT2D eigenvalue weighted by Gasteiger charge is 2.32. The molecule has 2 aromatic rings. The third-order valence-corrected chi connectivity index (χ3v) is 5.40. The van der Waals surface area contributed by atoms with E-state index in [0.29, 0.717) is 23.5 Å². The minimum atomic E-state index is -0.525. The lowest BCUT2D eigenvalue weighted by atomic mass is 10.2. The first-order valence-corrected chi connectivity index (χ1v) is 9.27. The van der Waals surface area contributed by atoms with Crippen LogP contribution < -0.4 is 15.0 Å². The number of anilines is 2. The van der Waals surface area contributed by atoms with E-state index in [1.807, 2.05) is 12.1 Å². The first-order chi connectivity index (χ1) is 12.7. The van der Waals surface area contributed by atoms with Gasteiger partial charge < -0.3 is 9.64 Å². The minimum Gasteiger partial charge on any atom is -0.407 e. The van der Waals surface area contributed by atoms with Crippen molar-refractivity contribution in [3.8, 4) is 5.75 Å². The number of carbonyl (C=O) groups excluding carboxylic acids is 1. The Morgan fingerprint density at radius 3 is 2.81 bits per heavy atom. The third-order valence-electron chi connectivity index (χ3n) is 5.40. The van der Waals surface area contributed by atoms with Crippen LogP contribution in [0.4, 0.5) is 16.2 Å². The number of H-pyrrole nitrogens is 1. The Morgan fingerprint density at radius 1 is 1.27 bits per heavy atom. The number of benzene rings is 1. The number of aromatic nitrogens is 2. The normalized spacial score (nSPS) is 23.3. The maximum absolute atomic E-state index is 11.9. The zero-order chi connectivity index (χ0) is 17.9. The van der Waals surface area contributed by atoms with Crippen molar-refractivity contribution in [3.63, 3.8) is 0 Å². The molecule has 2 aliphatic rings. The zero-order valence-electron chi connectivity index (χ0n) is 15.0. The summed E-state index contributed by atoms with van der Waals surface area (Å²) in [6.45, 7) is 5.75. The molecule has 2 aliphatic heterocycles. The predicted molar refractivity (Wildman–Crippen MR) is 101 cm³/mol. The molecule has 1 amide bonds. The lowest BCUT2D eigenvalue weighted by Crippen LogP contribution is -2.39. The smallest absolute Gasteiger partial charge is 0.407 e. The number of carbonyl (C=O) groups is 1. The maximum Gasteiger partial charge on any atom is 0.417 e. The van der Waals surface area contributed by atoms with Gasteiger partial charge in [0.05, 0.1) is 12.4 Å². The molecule has 3 heterocycles. The Hall–Kier alpha value is -2.54. The van der Waals surface area contributed by atoms with Crippen molar-refractivity contribution < 1.29 is 9.53 Å². The molecule has 0 radical (unpaired) electrons. The highest BCUT2D eigenvalue weighted by Crippen LogP contribution is 2.28. The lowest BCUT2D eigenvalue weighted by molar-refractivity contribution is 0.204. The summed E-state index contributed by atoms with van der Waals surface area (Å²) < 4.78 is 5.11. The molecular formula is C19H25N5O2. The molecule has 0 spiro atoms. The maximum atomic E-state index is 11.9. The number of hydrogen-bond donors (Lipinski definition) is 2. The number of hydrogen-bond acceptors (Lipinski definition) is 5. The van der Waals surface area contributed by atoms with Gasteiger partial charge in [0.25, 0.3) is 0 Å². The molecule has 1 aromatic heterocycles. The van der Waals surface area contributed by atoms with E-state index in [4.69, 9.17) is 4.74 Å². The molecule has 4 rings (SSSR count). The summed E-state index contributed by atoms with van der Waals surface area (Å²) in [5.41, 5.74) is 1.92. The molecule has 2 saturated heterocycles. The van der Waals surface area contributed by atoms with Gasteiger partial charge in [0.15, 0.2) is 5.75 Å². The quantitative estimate of drug-likeness (QED) is 0.882. The van der Waals surface area contributed by atoms with E-state index in [-0.39, 0.29) is 0 Å². The molecule has 2 unspecified atom stereocenters. The summed E-state index contributed by atoms with van der Waals surface area (Å²) in [5.74, 6) is 0.387. The van der Waals surface area contributed by atoms with Crippen LogP contribution in [0.3, 0.4) is 0 Å². The molecular weight excluding hydrogens is 330 g/mol. The van der Waals surface area contributed by atoms with E-state index in [1.54, 1.807) is 0 Å². The van der Waals surface area contributed by atoms with Crippen LogP contribution in [0.1, 0.15) is 26.2 Å². The van der Waals surface area contributed by atoms with E-state index >= 15 is 0 Å². The molecule has 138 valence electrons. The van der Waals surface area contributed by atoms with Gasteiger partial charge in [-0.15, -0.1) is 0 Å². The Kier molecular flexibility index (Phi) is 4.79. The highest BCUT2D eigenvalue weighted by molar-refractivity contribution is 5.86. The number of likely N-dealkylation sites (tertiary alicyclic amines) is 1. The average Bonchev–Trinajstić information content (AvgIpc) is 3.37. The Bertz CT molecular complexity index is 731. The number of ether oxygens (including phenoxy) is 1. The second kappa shape index (κ2) is 7.37. The average molecular weight is 355 g/mol. The molecule has 2 fully saturated rings. The second-order valence-corrected chi connectivity index (χ2v) is 7.11. The van der Waals surface area contributed by atoms with Crippen molar-refractivity contribution in [2.24, 2.45) is 0 Å². The van der Waals surface area contributed by atoms with Gasteiger partial charge in [0.2, 0.25) is 0 Å². The molecule has 26 heavy (non-hydrogen) atoms. The Balaban J connectivity index is 1.32. The molecule has 1 aromatic carbocycles. The van der Waals surface area contributed by atoms with Crippen molar-refractivity contribution in [3.05, 3.63) is 36.7 Å². The second-order valence-electron chi connectivity index (χ2n) is 7.11.